The van der Waals surface area contributed by atoms with Gasteiger partial charge in [-0.2, -0.15) is 0 Å². The predicted octanol–water partition coefficient (Wildman–Crippen LogP) is 2.46. The van der Waals surface area contributed by atoms with E-state index in [-0.39, 0.29) is 13.2 Å². The number of hydrogen-bond donors (Lipinski definition) is 0. The van der Waals surface area contributed by atoms with Crippen molar-refractivity contribution in [1.29, 1.82) is 0 Å². The standard InChI is InChI=1S/C13H17ClN2O4/c1-16(8-6-11-5-2-3-7-15-11)13(18)20-10-4-9-19-12(14)17/h2-3,5,7H,4,6,8-10H2,1H3. The van der Waals surface area contributed by atoms with Crippen LogP contribution in [0.15, 0.2) is 24.4 Å². The summed E-state index contributed by atoms with van der Waals surface area (Å²) in [4.78, 5) is 27.5. The molecule has 1 amide bonds. The minimum Gasteiger partial charge on any atom is -0.454 e. The molecule has 1 rings (SSSR count). The summed E-state index contributed by atoms with van der Waals surface area (Å²) in [6.07, 6.45) is 2.37. The van der Waals surface area contributed by atoms with Crippen LogP contribution in [0.5, 0.6) is 0 Å². The molecule has 0 radical (unpaired) electrons. The summed E-state index contributed by atoms with van der Waals surface area (Å²) in [7, 11) is 1.66. The van der Waals surface area contributed by atoms with E-state index < -0.39 is 11.5 Å². The largest absolute Gasteiger partial charge is 0.454 e. The fourth-order valence-electron chi connectivity index (χ4n) is 1.40. The highest BCUT2D eigenvalue weighted by Crippen LogP contribution is 1.99. The molecule has 0 fully saturated rings. The Morgan fingerprint density at radius 3 is 2.70 bits per heavy atom. The van der Waals surface area contributed by atoms with Crippen molar-refractivity contribution in [3.8, 4) is 0 Å². The van der Waals surface area contributed by atoms with Crippen molar-refractivity contribution in [2.24, 2.45) is 0 Å². The molecular formula is C13H17ClN2O4. The number of ether oxygens (including phenoxy) is 2. The molecular weight excluding hydrogens is 284 g/mol. The predicted molar refractivity (Wildman–Crippen MR) is 73.7 cm³/mol. The molecule has 0 N–H and O–H groups in total. The topological polar surface area (TPSA) is 68.7 Å². The van der Waals surface area contributed by atoms with Gasteiger partial charge in [-0.3, -0.25) is 4.98 Å². The Morgan fingerprint density at radius 2 is 2.05 bits per heavy atom. The van der Waals surface area contributed by atoms with E-state index in [0.29, 0.717) is 19.4 Å². The number of likely N-dealkylation sites (N-methyl/N-ethyl adjacent to an activating group) is 1. The second kappa shape index (κ2) is 9.14. The van der Waals surface area contributed by atoms with Crippen LogP contribution in [0.25, 0.3) is 0 Å². The molecule has 0 saturated heterocycles. The first kappa shape index (κ1) is 16.2. The summed E-state index contributed by atoms with van der Waals surface area (Å²) in [6.45, 7) is 0.830. The molecule has 1 aromatic rings. The first-order valence-electron chi connectivity index (χ1n) is 6.19. The summed E-state index contributed by atoms with van der Waals surface area (Å²) < 4.78 is 9.51. The normalized spacial score (nSPS) is 9.90. The molecule has 0 aliphatic carbocycles. The Balaban J connectivity index is 2.14. The zero-order valence-corrected chi connectivity index (χ0v) is 12.0. The van der Waals surface area contributed by atoms with E-state index in [1.54, 1.807) is 13.2 Å². The van der Waals surface area contributed by atoms with Gasteiger partial charge in [-0.25, -0.2) is 9.59 Å². The van der Waals surface area contributed by atoms with Gasteiger partial charge in [-0.1, -0.05) is 6.07 Å². The molecule has 1 heterocycles. The van der Waals surface area contributed by atoms with Crippen molar-refractivity contribution in [2.45, 2.75) is 12.8 Å². The van der Waals surface area contributed by atoms with Crippen molar-refractivity contribution in [1.82, 2.24) is 9.88 Å². The monoisotopic (exact) mass is 300 g/mol. The number of carbonyl (C=O) groups is 2. The van der Waals surface area contributed by atoms with Crippen LogP contribution in [0, 0.1) is 0 Å². The third-order valence-corrected chi connectivity index (χ3v) is 2.58. The van der Waals surface area contributed by atoms with E-state index in [9.17, 15) is 9.59 Å². The van der Waals surface area contributed by atoms with Crippen LogP contribution in [-0.4, -0.2) is 48.2 Å². The summed E-state index contributed by atoms with van der Waals surface area (Å²) in [5.41, 5.74) is 0.0602. The van der Waals surface area contributed by atoms with Crippen LogP contribution in [-0.2, 0) is 15.9 Å². The smallest absolute Gasteiger partial charge is 0.409 e. The molecule has 0 bridgehead atoms. The molecule has 0 unspecified atom stereocenters. The summed E-state index contributed by atoms with van der Waals surface area (Å²) in [5, 5.41) is 0. The minimum absolute atomic E-state index is 0.132. The molecule has 0 aromatic carbocycles. The summed E-state index contributed by atoms with van der Waals surface area (Å²) >= 11 is 4.99. The van der Waals surface area contributed by atoms with Gasteiger partial charge < -0.3 is 14.4 Å². The number of rotatable bonds is 7. The number of pyridine rings is 1. The fraction of sp³-hybridized carbons (Fsp3) is 0.462. The molecule has 20 heavy (non-hydrogen) atoms. The second-order valence-electron chi connectivity index (χ2n) is 4.05. The number of hydrogen-bond acceptors (Lipinski definition) is 5. The first-order valence-corrected chi connectivity index (χ1v) is 6.57. The van der Waals surface area contributed by atoms with Crippen molar-refractivity contribution < 1.29 is 19.1 Å². The van der Waals surface area contributed by atoms with E-state index in [1.165, 1.54) is 4.90 Å². The van der Waals surface area contributed by atoms with Gasteiger partial charge in [0.05, 0.1) is 13.2 Å². The van der Waals surface area contributed by atoms with Crippen LogP contribution in [0.2, 0.25) is 0 Å². The maximum atomic E-state index is 11.6. The Kier molecular flexibility index (Phi) is 7.42. The van der Waals surface area contributed by atoms with Crippen molar-refractivity contribution in [3.05, 3.63) is 30.1 Å². The van der Waals surface area contributed by atoms with Crippen LogP contribution in [0.3, 0.4) is 0 Å². The SMILES string of the molecule is CN(CCc1ccccn1)C(=O)OCCCOC(=O)Cl. The molecule has 6 nitrogen and oxygen atoms in total. The summed E-state index contributed by atoms with van der Waals surface area (Å²) in [5.74, 6) is 0. The lowest BCUT2D eigenvalue weighted by molar-refractivity contribution is 0.101. The highest BCUT2D eigenvalue weighted by atomic mass is 35.5. The van der Waals surface area contributed by atoms with Crippen LogP contribution in [0.4, 0.5) is 9.59 Å². The Hall–Kier alpha value is -1.82. The third kappa shape index (κ3) is 6.94. The molecule has 0 aliphatic rings. The third-order valence-electron chi connectivity index (χ3n) is 2.47. The Labute approximate surface area is 122 Å². The van der Waals surface area contributed by atoms with Gasteiger partial charge in [0.2, 0.25) is 0 Å². The molecule has 1 aromatic heterocycles. The zero-order chi connectivity index (χ0) is 14.8. The van der Waals surface area contributed by atoms with Gasteiger partial charge in [0.15, 0.2) is 0 Å². The van der Waals surface area contributed by atoms with Gasteiger partial charge in [0.25, 0.3) is 0 Å². The molecule has 7 heteroatoms. The van der Waals surface area contributed by atoms with Crippen LogP contribution in [0.1, 0.15) is 12.1 Å². The zero-order valence-electron chi connectivity index (χ0n) is 11.3. The van der Waals surface area contributed by atoms with E-state index in [2.05, 4.69) is 9.72 Å². The highest BCUT2D eigenvalue weighted by molar-refractivity contribution is 6.61. The summed E-state index contributed by atoms with van der Waals surface area (Å²) in [6, 6.07) is 5.65. The first-order chi connectivity index (χ1) is 9.59. The molecule has 0 atom stereocenters. The quantitative estimate of drug-likeness (QED) is 0.571. The van der Waals surface area contributed by atoms with Crippen molar-refractivity contribution in [2.75, 3.05) is 26.8 Å². The van der Waals surface area contributed by atoms with Crippen molar-refractivity contribution in [3.63, 3.8) is 0 Å². The lowest BCUT2D eigenvalue weighted by atomic mass is 10.2. The van der Waals surface area contributed by atoms with Crippen LogP contribution >= 0.6 is 11.6 Å². The number of halogens is 1. The van der Waals surface area contributed by atoms with E-state index >= 15 is 0 Å². The second-order valence-corrected chi connectivity index (χ2v) is 4.36. The lowest BCUT2D eigenvalue weighted by Crippen LogP contribution is -2.30. The molecule has 0 spiro atoms. The minimum atomic E-state index is -0.858. The number of carbonyl (C=O) groups excluding carboxylic acids is 2. The molecule has 110 valence electrons. The molecule has 0 saturated carbocycles. The van der Waals surface area contributed by atoms with Gasteiger partial charge in [0, 0.05) is 49.9 Å². The lowest BCUT2D eigenvalue weighted by Gasteiger charge is -2.16. The fourth-order valence-corrected chi connectivity index (χ4v) is 1.48. The Bertz CT molecular complexity index is 428. The van der Waals surface area contributed by atoms with Gasteiger partial charge in [-0.05, 0) is 12.1 Å². The van der Waals surface area contributed by atoms with Gasteiger partial charge >= 0.3 is 11.5 Å². The van der Waals surface area contributed by atoms with Gasteiger partial charge in [-0.15, -0.1) is 0 Å². The maximum Gasteiger partial charge on any atom is 0.409 e. The van der Waals surface area contributed by atoms with E-state index in [1.807, 2.05) is 18.2 Å². The number of amides is 1. The average Bonchev–Trinajstić information content (AvgIpc) is 2.45. The maximum absolute atomic E-state index is 11.6. The van der Waals surface area contributed by atoms with Crippen molar-refractivity contribution >= 4 is 23.1 Å². The number of nitrogens with zero attached hydrogens (tertiary/aromatic N) is 2. The van der Waals surface area contributed by atoms with E-state index in [0.717, 1.165) is 5.69 Å². The number of aromatic nitrogens is 1. The average molecular weight is 301 g/mol. The van der Waals surface area contributed by atoms with Gasteiger partial charge in [0.1, 0.15) is 0 Å². The van der Waals surface area contributed by atoms with Crippen LogP contribution < -0.4 is 0 Å². The highest BCUT2D eigenvalue weighted by Gasteiger charge is 2.10. The Morgan fingerprint density at radius 1 is 1.30 bits per heavy atom. The van der Waals surface area contributed by atoms with E-state index in [4.69, 9.17) is 16.3 Å². The molecule has 0 aliphatic heterocycles.